The highest BCUT2D eigenvalue weighted by Gasteiger charge is 2.12. The van der Waals surface area contributed by atoms with Crippen molar-refractivity contribution in [2.24, 2.45) is 0 Å². The number of hydrogen-bond acceptors (Lipinski definition) is 3. The Kier molecular flexibility index (Phi) is 4.38. The molecule has 0 aliphatic heterocycles. The van der Waals surface area contributed by atoms with Gasteiger partial charge in [0.2, 0.25) is 0 Å². The lowest BCUT2D eigenvalue weighted by Gasteiger charge is -2.08. The fourth-order valence-electron chi connectivity index (χ4n) is 2.17. The molecule has 0 aromatic heterocycles. The lowest BCUT2D eigenvalue weighted by molar-refractivity contribution is 0.0696. The molecule has 4 heteroatoms. The van der Waals surface area contributed by atoms with E-state index < -0.39 is 5.97 Å². The highest BCUT2D eigenvalue weighted by atomic mass is 16.5. The molecule has 21 heavy (non-hydrogen) atoms. The minimum absolute atomic E-state index is 0.0438. The summed E-state index contributed by atoms with van der Waals surface area (Å²) in [6.45, 7) is 1.85. The molecular weight excluding hydrogens is 268 g/mol. The van der Waals surface area contributed by atoms with Gasteiger partial charge in [-0.2, -0.15) is 0 Å². The first kappa shape index (κ1) is 14.8. The molecule has 2 rings (SSSR count). The lowest BCUT2D eigenvalue weighted by Crippen LogP contribution is -2.07. The van der Waals surface area contributed by atoms with Crippen LogP contribution in [0.1, 0.15) is 31.8 Å². The number of Topliss-reactive ketones (excluding diaryl/α,β-unsaturated/α-hetero) is 1. The Morgan fingerprint density at radius 3 is 2.52 bits per heavy atom. The van der Waals surface area contributed by atoms with Gasteiger partial charge in [0.15, 0.2) is 5.78 Å². The fourth-order valence-corrected chi connectivity index (χ4v) is 2.17. The Morgan fingerprint density at radius 1 is 1.14 bits per heavy atom. The number of carboxylic acid groups (broad SMARTS) is 1. The Morgan fingerprint density at radius 2 is 1.90 bits per heavy atom. The van der Waals surface area contributed by atoms with Gasteiger partial charge in [0.05, 0.1) is 12.7 Å². The number of ether oxygens (including phenoxy) is 1. The first-order valence-corrected chi connectivity index (χ1v) is 6.51. The van der Waals surface area contributed by atoms with Crippen LogP contribution in [0.5, 0.6) is 5.75 Å². The van der Waals surface area contributed by atoms with E-state index in [0.717, 1.165) is 5.56 Å². The zero-order chi connectivity index (χ0) is 15.4. The third-order valence-electron chi connectivity index (χ3n) is 3.27. The molecule has 0 atom stereocenters. The average molecular weight is 284 g/mol. The average Bonchev–Trinajstić information content (AvgIpc) is 2.47. The SMILES string of the molecule is COc1ccc(C(=O)Cc2cccc(C(=O)O)c2)c(C)c1. The quantitative estimate of drug-likeness (QED) is 0.857. The Bertz CT molecular complexity index is 689. The van der Waals surface area contributed by atoms with Gasteiger partial charge in [-0.3, -0.25) is 4.79 Å². The van der Waals surface area contributed by atoms with E-state index in [2.05, 4.69) is 0 Å². The van der Waals surface area contributed by atoms with Gasteiger partial charge in [0.25, 0.3) is 0 Å². The number of methoxy groups -OCH3 is 1. The van der Waals surface area contributed by atoms with Crippen LogP contribution >= 0.6 is 0 Å². The summed E-state index contributed by atoms with van der Waals surface area (Å²) < 4.78 is 5.11. The van der Waals surface area contributed by atoms with Gasteiger partial charge in [-0.05, 0) is 48.4 Å². The molecule has 0 amide bonds. The monoisotopic (exact) mass is 284 g/mol. The largest absolute Gasteiger partial charge is 0.497 e. The summed E-state index contributed by atoms with van der Waals surface area (Å²) in [7, 11) is 1.58. The van der Waals surface area contributed by atoms with E-state index in [4.69, 9.17) is 9.84 Å². The molecule has 4 nitrogen and oxygen atoms in total. The van der Waals surface area contributed by atoms with Crippen molar-refractivity contribution in [3.63, 3.8) is 0 Å². The number of aryl methyl sites for hydroxylation is 1. The molecule has 2 aromatic rings. The maximum Gasteiger partial charge on any atom is 0.335 e. The Balaban J connectivity index is 2.22. The van der Waals surface area contributed by atoms with Gasteiger partial charge in [0, 0.05) is 12.0 Å². The van der Waals surface area contributed by atoms with Crippen LogP contribution in [0.3, 0.4) is 0 Å². The maximum atomic E-state index is 12.3. The molecule has 0 spiro atoms. The Hall–Kier alpha value is -2.62. The molecule has 0 unspecified atom stereocenters. The van der Waals surface area contributed by atoms with Crippen molar-refractivity contribution >= 4 is 11.8 Å². The van der Waals surface area contributed by atoms with E-state index in [0.29, 0.717) is 16.9 Å². The van der Waals surface area contributed by atoms with E-state index in [9.17, 15) is 9.59 Å². The van der Waals surface area contributed by atoms with Crippen LogP contribution < -0.4 is 4.74 Å². The van der Waals surface area contributed by atoms with Crippen LogP contribution in [0.2, 0.25) is 0 Å². The van der Waals surface area contributed by atoms with Crippen LogP contribution in [-0.4, -0.2) is 24.0 Å². The molecule has 0 bridgehead atoms. The maximum absolute atomic E-state index is 12.3. The van der Waals surface area contributed by atoms with Gasteiger partial charge in [-0.25, -0.2) is 4.79 Å². The van der Waals surface area contributed by atoms with Crippen LogP contribution in [-0.2, 0) is 6.42 Å². The summed E-state index contributed by atoms with van der Waals surface area (Å²) in [5, 5.41) is 8.96. The molecular formula is C17H16O4. The number of ketones is 1. The normalized spacial score (nSPS) is 10.2. The van der Waals surface area contributed by atoms with Crippen LogP contribution in [0.15, 0.2) is 42.5 Å². The summed E-state index contributed by atoms with van der Waals surface area (Å²) in [4.78, 5) is 23.3. The molecule has 0 saturated carbocycles. The van der Waals surface area contributed by atoms with Crippen molar-refractivity contribution in [3.8, 4) is 5.75 Å². The number of aromatic carboxylic acids is 1. The van der Waals surface area contributed by atoms with Crippen LogP contribution in [0, 0.1) is 6.92 Å². The standard InChI is InChI=1S/C17H16O4/c1-11-8-14(21-2)6-7-15(11)16(18)10-12-4-3-5-13(9-12)17(19)20/h3-9H,10H2,1-2H3,(H,19,20). The highest BCUT2D eigenvalue weighted by molar-refractivity contribution is 5.99. The van der Waals surface area contributed by atoms with Crippen molar-refractivity contribution in [3.05, 3.63) is 64.7 Å². The smallest absolute Gasteiger partial charge is 0.335 e. The predicted molar refractivity (Wildman–Crippen MR) is 79.2 cm³/mol. The number of benzene rings is 2. The molecule has 0 fully saturated rings. The highest BCUT2D eigenvalue weighted by Crippen LogP contribution is 2.19. The second-order valence-electron chi connectivity index (χ2n) is 4.79. The third-order valence-corrected chi connectivity index (χ3v) is 3.27. The van der Waals surface area contributed by atoms with Crippen LogP contribution in [0.4, 0.5) is 0 Å². The molecule has 0 aliphatic rings. The van der Waals surface area contributed by atoms with Crippen molar-refractivity contribution in [1.29, 1.82) is 0 Å². The van der Waals surface area contributed by atoms with E-state index in [1.165, 1.54) is 12.1 Å². The molecule has 0 radical (unpaired) electrons. The topological polar surface area (TPSA) is 63.6 Å². The fraction of sp³-hybridized carbons (Fsp3) is 0.176. The van der Waals surface area contributed by atoms with Gasteiger partial charge in [0.1, 0.15) is 5.75 Å². The second kappa shape index (κ2) is 6.22. The lowest BCUT2D eigenvalue weighted by atomic mass is 9.98. The number of carbonyl (C=O) groups is 2. The van der Waals surface area contributed by atoms with Crippen molar-refractivity contribution in [1.82, 2.24) is 0 Å². The molecule has 0 saturated heterocycles. The van der Waals surface area contributed by atoms with Gasteiger partial charge in [-0.1, -0.05) is 12.1 Å². The summed E-state index contributed by atoms with van der Waals surface area (Å²) >= 11 is 0. The number of carbonyl (C=O) groups excluding carboxylic acids is 1. The molecule has 2 aromatic carbocycles. The van der Waals surface area contributed by atoms with E-state index in [1.54, 1.807) is 37.4 Å². The number of carboxylic acids is 1. The zero-order valence-electron chi connectivity index (χ0n) is 11.9. The minimum atomic E-state index is -0.995. The summed E-state index contributed by atoms with van der Waals surface area (Å²) in [5.41, 5.74) is 2.34. The van der Waals surface area contributed by atoms with Crippen LogP contribution in [0.25, 0.3) is 0 Å². The van der Waals surface area contributed by atoms with Crippen molar-refractivity contribution < 1.29 is 19.4 Å². The number of rotatable bonds is 5. The molecule has 1 N–H and O–H groups in total. The molecule has 108 valence electrons. The first-order valence-electron chi connectivity index (χ1n) is 6.51. The summed E-state index contributed by atoms with van der Waals surface area (Å²) in [6.07, 6.45) is 0.175. The number of hydrogen-bond donors (Lipinski definition) is 1. The Labute approximate surface area is 123 Å². The minimum Gasteiger partial charge on any atom is -0.497 e. The zero-order valence-corrected chi connectivity index (χ0v) is 11.9. The van der Waals surface area contributed by atoms with E-state index in [-0.39, 0.29) is 17.8 Å². The summed E-state index contributed by atoms with van der Waals surface area (Å²) in [5.74, 6) is -0.334. The first-order chi connectivity index (χ1) is 10.0. The van der Waals surface area contributed by atoms with Crippen molar-refractivity contribution in [2.45, 2.75) is 13.3 Å². The van der Waals surface area contributed by atoms with E-state index in [1.807, 2.05) is 6.92 Å². The van der Waals surface area contributed by atoms with Gasteiger partial charge < -0.3 is 9.84 Å². The predicted octanol–water partition coefficient (Wildman–Crippen LogP) is 3.13. The third kappa shape index (κ3) is 3.48. The van der Waals surface area contributed by atoms with Gasteiger partial charge in [-0.15, -0.1) is 0 Å². The molecule has 0 heterocycles. The van der Waals surface area contributed by atoms with Crippen molar-refractivity contribution in [2.75, 3.05) is 7.11 Å². The van der Waals surface area contributed by atoms with E-state index >= 15 is 0 Å². The summed E-state index contributed by atoms with van der Waals surface area (Å²) in [6, 6.07) is 11.7. The second-order valence-corrected chi connectivity index (χ2v) is 4.79. The molecule has 0 aliphatic carbocycles. The van der Waals surface area contributed by atoms with Gasteiger partial charge >= 0.3 is 5.97 Å².